The third kappa shape index (κ3) is 5.43. The van der Waals surface area contributed by atoms with Gasteiger partial charge in [-0.05, 0) is 74.4 Å². The van der Waals surface area contributed by atoms with Crippen LogP contribution < -0.4 is 10.2 Å². The van der Waals surface area contributed by atoms with Gasteiger partial charge in [-0.3, -0.25) is 29.7 Å². The lowest BCUT2D eigenvalue weighted by Gasteiger charge is -2.56. The number of aromatic amines is 2. The maximum atomic E-state index is 15.0. The van der Waals surface area contributed by atoms with Gasteiger partial charge >= 0.3 is 0 Å². The fourth-order valence-corrected chi connectivity index (χ4v) is 9.63. The van der Waals surface area contributed by atoms with E-state index in [2.05, 4.69) is 49.4 Å². The zero-order chi connectivity index (χ0) is 35.9. The molecule has 2 aromatic carbocycles. The number of halogens is 2. The van der Waals surface area contributed by atoms with Gasteiger partial charge in [0.05, 0.1) is 17.5 Å². The van der Waals surface area contributed by atoms with Crippen LogP contribution in [0.3, 0.4) is 0 Å². The number of piperidine rings is 2. The average Bonchev–Trinajstić information content (AvgIpc) is 3.76. The number of nitrogens with one attached hydrogen (secondary N) is 3. The van der Waals surface area contributed by atoms with Crippen molar-refractivity contribution in [3.05, 3.63) is 70.9 Å². The summed E-state index contributed by atoms with van der Waals surface area (Å²) in [7, 11) is 0. The summed E-state index contributed by atoms with van der Waals surface area (Å²) in [5, 5.41) is 10.9. The normalized spacial score (nSPS) is 27.7. The summed E-state index contributed by atoms with van der Waals surface area (Å²) < 4.78 is 30.0. The largest absolute Gasteiger partial charge is 0.372 e. The number of rotatable bonds is 6. The highest BCUT2D eigenvalue weighted by atomic mass is 19.3. The molecule has 3 amide bonds. The Morgan fingerprint density at radius 3 is 2.52 bits per heavy atom. The van der Waals surface area contributed by atoms with Crippen molar-refractivity contribution in [1.29, 1.82) is 0 Å². The number of imide groups is 1. The van der Waals surface area contributed by atoms with Crippen molar-refractivity contribution in [3.8, 4) is 11.4 Å². The van der Waals surface area contributed by atoms with E-state index in [0.29, 0.717) is 67.2 Å². The van der Waals surface area contributed by atoms with Crippen molar-refractivity contribution in [2.45, 2.75) is 76.2 Å². The quantitative estimate of drug-likeness (QED) is 0.217. The number of piperazine rings is 1. The molecule has 0 radical (unpaired) electrons. The molecule has 52 heavy (non-hydrogen) atoms. The van der Waals surface area contributed by atoms with E-state index in [0.717, 1.165) is 61.2 Å². The number of aromatic nitrogens is 3. The first-order chi connectivity index (χ1) is 25.0. The number of nitrogens with zero attached hydrogens (tertiary/aromatic N) is 4. The summed E-state index contributed by atoms with van der Waals surface area (Å²) in [6, 6.07) is 16.1. The number of anilines is 1. The van der Waals surface area contributed by atoms with E-state index in [9.17, 15) is 14.4 Å². The molecule has 0 spiro atoms. The van der Waals surface area contributed by atoms with E-state index < -0.39 is 17.3 Å². The molecule has 2 aromatic heterocycles. The molecule has 3 aliphatic heterocycles. The van der Waals surface area contributed by atoms with E-state index in [4.69, 9.17) is 0 Å². The number of amides is 3. The molecule has 5 heterocycles. The highest BCUT2D eigenvalue weighted by molar-refractivity contribution is 6.01. The third-order valence-electron chi connectivity index (χ3n) is 12.9. The van der Waals surface area contributed by atoms with Crippen molar-refractivity contribution in [2.75, 3.05) is 44.2 Å². The Labute approximate surface area is 301 Å². The van der Waals surface area contributed by atoms with Crippen LogP contribution in [-0.2, 0) is 16.0 Å². The maximum Gasteiger partial charge on any atom is 0.260 e. The molecule has 12 heteroatoms. The predicted octanol–water partition coefficient (Wildman–Crippen LogP) is 5.83. The van der Waals surface area contributed by atoms with E-state index in [1.165, 1.54) is 5.69 Å². The summed E-state index contributed by atoms with van der Waals surface area (Å²) in [5.74, 6) is -3.61. The Bertz CT molecular complexity index is 2070. The summed E-state index contributed by atoms with van der Waals surface area (Å²) in [6.07, 6.45) is 3.91. The topological polar surface area (TPSA) is 117 Å². The minimum Gasteiger partial charge on any atom is -0.372 e. The highest BCUT2D eigenvalue weighted by Gasteiger charge is 2.70. The fraction of sp³-hybridized carbons (Fsp3) is 0.500. The zero-order valence-electron chi connectivity index (χ0n) is 29.7. The summed E-state index contributed by atoms with van der Waals surface area (Å²) in [4.78, 5) is 47.8. The van der Waals surface area contributed by atoms with Crippen LogP contribution in [0.4, 0.5) is 14.5 Å². The number of carbonyl (C=O) groups is 3. The monoisotopic (exact) mass is 709 g/mol. The molecule has 4 aromatic rings. The molecule has 272 valence electrons. The van der Waals surface area contributed by atoms with Crippen LogP contribution in [-0.4, -0.2) is 93.9 Å². The lowest BCUT2D eigenvalue weighted by atomic mass is 9.51. The first kappa shape index (κ1) is 33.3. The van der Waals surface area contributed by atoms with E-state index in [1.54, 1.807) is 6.92 Å². The first-order valence-corrected chi connectivity index (χ1v) is 18.8. The van der Waals surface area contributed by atoms with Gasteiger partial charge in [0.1, 0.15) is 5.69 Å². The maximum absolute atomic E-state index is 15.0. The molecule has 4 atom stereocenters. The van der Waals surface area contributed by atoms with E-state index in [1.807, 2.05) is 41.3 Å². The molecule has 3 saturated heterocycles. The highest BCUT2D eigenvalue weighted by Crippen LogP contribution is 2.68. The lowest BCUT2D eigenvalue weighted by molar-refractivity contribution is -0.220. The Kier molecular flexibility index (Phi) is 7.84. The van der Waals surface area contributed by atoms with Crippen LogP contribution in [0.25, 0.3) is 22.3 Å². The molecule has 4 fully saturated rings. The van der Waals surface area contributed by atoms with Crippen molar-refractivity contribution in [1.82, 2.24) is 30.3 Å². The number of alkyl halides is 2. The van der Waals surface area contributed by atoms with Gasteiger partial charge in [-0.15, -0.1) is 0 Å². The Morgan fingerprint density at radius 1 is 1.00 bits per heavy atom. The number of H-pyrrole nitrogens is 2. The minimum atomic E-state index is -2.74. The summed E-state index contributed by atoms with van der Waals surface area (Å²) in [6.45, 7) is 9.02. The van der Waals surface area contributed by atoms with Gasteiger partial charge in [0, 0.05) is 97.0 Å². The Hall–Kier alpha value is -4.58. The Balaban J connectivity index is 0.791. The predicted molar refractivity (Wildman–Crippen MR) is 193 cm³/mol. The lowest BCUT2D eigenvalue weighted by Crippen LogP contribution is -2.59. The van der Waals surface area contributed by atoms with Crippen LogP contribution in [0.1, 0.15) is 85.0 Å². The molecule has 1 saturated carbocycles. The van der Waals surface area contributed by atoms with Gasteiger partial charge < -0.3 is 14.8 Å². The second-order valence-corrected chi connectivity index (χ2v) is 16.2. The second-order valence-electron chi connectivity index (χ2n) is 16.2. The summed E-state index contributed by atoms with van der Waals surface area (Å²) >= 11 is 0. The van der Waals surface area contributed by atoms with Gasteiger partial charge in [0.25, 0.3) is 11.8 Å². The van der Waals surface area contributed by atoms with Crippen molar-refractivity contribution in [3.63, 3.8) is 0 Å². The smallest absolute Gasteiger partial charge is 0.260 e. The second kappa shape index (κ2) is 12.2. The molecule has 1 unspecified atom stereocenters. The molecular weight excluding hydrogens is 664 g/mol. The zero-order valence-corrected chi connectivity index (χ0v) is 29.7. The van der Waals surface area contributed by atoms with Crippen molar-refractivity contribution >= 4 is 34.3 Å². The van der Waals surface area contributed by atoms with Crippen LogP contribution in [0, 0.1) is 11.3 Å². The van der Waals surface area contributed by atoms with Crippen LogP contribution in [0.5, 0.6) is 0 Å². The molecule has 3 N–H and O–H groups in total. The van der Waals surface area contributed by atoms with Gasteiger partial charge in [0.15, 0.2) is 0 Å². The molecule has 3 aliphatic carbocycles. The van der Waals surface area contributed by atoms with Gasteiger partial charge in [-0.25, -0.2) is 8.78 Å². The number of fused-ring (bicyclic) bond motifs is 1. The minimum absolute atomic E-state index is 0.00651. The van der Waals surface area contributed by atoms with Crippen LogP contribution >= 0.6 is 0 Å². The molecule has 6 aliphatic rings. The van der Waals surface area contributed by atoms with Crippen LogP contribution in [0.15, 0.2) is 48.5 Å². The SMILES string of the molecule is C[C@@H]1CN(C(=O)c2ccc3cc(-c4n[nH]c5c4[C@H]4C[C@@](C)(C5)C4(F)F)[nH]c3c2)CCN1CC1CCN(c2ccc(C3CCC(=O)NC3=O)cc2)CC1. The third-order valence-corrected chi connectivity index (χ3v) is 12.9. The number of carbonyl (C=O) groups excluding carboxylic acids is 3. The summed E-state index contributed by atoms with van der Waals surface area (Å²) in [5.41, 5.74) is 5.23. The first-order valence-electron chi connectivity index (χ1n) is 18.8. The van der Waals surface area contributed by atoms with Crippen molar-refractivity contribution < 1.29 is 23.2 Å². The molecule has 10 nitrogen and oxygen atoms in total. The van der Waals surface area contributed by atoms with Gasteiger partial charge in [0.2, 0.25) is 11.8 Å². The molecule has 10 rings (SSSR count). The number of hydrogen-bond acceptors (Lipinski definition) is 6. The number of hydrogen-bond donors (Lipinski definition) is 3. The molecule has 2 bridgehead atoms. The standard InChI is InChI=1S/C40H45F2N7O3/c1-23-21-49(16-15-48(23)22-24-11-13-47(14-12-24)28-7-5-25(6-8-28)29-9-10-34(50)44-37(29)51)38(52)27-4-3-26-17-32(43-31(26)18-27)36-35-30-19-39(2,40(30,41)42)20-33(35)45-46-36/h3-8,17-18,23-24,29-30,43H,9-16,19-22H2,1-2H3,(H,45,46)(H,44,50,51)/t23-,29?,30-,39+/m1/s1. The van der Waals surface area contributed by atoms with Crippen molar-refractivity contribution in [2.24, 2.45) is 11.3 Å². The average molecular weight is 710 g/mol. The fourth-order valence-electron chi connectivity index (χ4n) is 9.63. The van der Waals surface area contributed by atoms with E-state index in [-0.39, 0.29) is 29.7 Å². The Morgan fingerprint density at radius 2 is 1.79 bits per heavy atom. The van der Waals surface area contributed by atoms with Gasteiger partial charge in [-0.1, -0.05) is 25.1 Å². The van der Waals surface area contributed by atoms with E-state index >= 15 is 8.78 Å². The van der Waals surface area contributed by atoms with Crippen LogP contribution in [0.2, 0.25) is 0 Å². The number of benzene rings is 2. The van der Waals surface area contributed by atoms with Gasteiger partial charge in [-0.2, -0.15) is 5.10 Å². The molecular formula is C40H45F2N7O3.